The van der Waals surface area contributed by atoms with Crippen LogP contribution >= 0.6 is 11.9 Å². The van der Waals surface area contributed by atoms with Gasteiger partial charge in [0, 0.05) is 29.8 Å². The SMILES string of the molecule is CCOc1cc(F)ccc1SNc1noc2cc(Nc3cc(C4CC4)[nH]n3)c(F)c(OC)c12. The van der Waals surface area contributed by atoms with Crippen LogP contribution in [0.5, 0.6) is 11.5 Å². The predicted molar refractivity (Wildman–Crippen MR) is 121 cm³/mol. The Bertz CT molecular complexity index is 1300. The number of fused-ring (bicyclic) bond motifs is 1. The van der Waals surface area contributed by atoms with Crippen LogP contribution in [-0.4, -0.2) is 29.1 Å². The Hall–Kier alpha value is -3.47. The molecule has 0 spiro atoms. The highest BCUT2D eigenvalue weighted by Crippen LogP contribution is 2.42. The first-order valence-electron chi connectivity index (χ1n) is 10.4. The zero-order chi connectivity index (χ0) is 22.9. The number of anilines is 3. The van der Waals surface area contributed by atoms with E-state index in [1.54, 1.807) is 6.07 Å². The quantitative estimate of drug-likeness (QED) is 0.256. The Morgan fingerprint density at radius 1 is 1.24 bits per heavy atom. The van der Waals surface area contributed by atoms with Crippen molar-refractivity contribution in [2.45, 2.75) is 30.6 Å². The minimum Gasteiger partial charge on any atom is -0.493 e. The number of hydrogen-bond donors (Lipinski definition) is 3. The van der Waals surface area contributed by atoms with E-state index in [0.717, 1.165) is 30.5 Å². The number of H-pyrrole nitrogens is 1. The van der Waals surface area contributed by atoms with Gasteiger partial charge in [-0.25, -0.2) is 8.78 Å². The molecule has 0 bridgehead atoms. The smallest absolute Gasteiger partial charge is 0.191 e. The van der Waals surface area contributed by atoms with E-state index in [1.807, 2.05) is 13.0 Å². The number of nitrogens with zero attached hydrogens (tertiary/aromatic N) is 2. The zero-order valence-electron chi connectivity index (χ0n) is 17.9. The number of halogens is 2. The molecule has 0 saturated heterocycles. The molecule has 33 heavy (non-hydrogen) atoms. The molecule has 1 aliphatic rings. The van der Waals surface area contributed by atoms with Gasteiger partial charge in [0.1, 0.15) is 17.0 Å². The molecule has 1 saturated carbocycles. The zero-order valence-corrected chi connectivity index (χ0v) is 18.7. The molecule has 3 N–H and O–H groups in total. The van der Waals surface area contributed by atoms with E-state index in [4.69, 9.17) is 14.0 Å². The summed E-state index contributed by atoms with van der Waals surface area (Å²) in [6, 6.07) is 7.59. The van der Waals surface area contributed by atoms with E-state index in [0.29, 0.717) is 40.0 Å². The van der Waals surface area contributed by atoms with Crippen molar-refractivity contribution in [3.05, 3.63) is 47.7 Å². The van der Waals surface area contributed by atoms with Gasteiger partial charge in [0.25, 0.3) is 0 Å². The molecule has 1 aliphatic carbocycles. The summed E-state index contributed by atoms with van der Waals surface area (Å²) in [5, 5.41) is 14.5. The highest BCUT2D eigenvalue weighted by atomic mass is 32.2. The maximum Gasteiger partial charge on any atom is 0.191 e. The lowest BCUT2D eigenvalue weighted by Gasteiger charge is -2.11. The van der Waals surface area contributed by atoms with Gasteiger partial charge in [-0.05, 0) is 43.8 Å². The standard InChI is InChI=1S/C22H21F2N5O3S/c1-3-31-15-8-12(23)6-7-17(15)33-29-22-19-16(32-28-22)9-14(20(24)21(19)30-2)25-18-10-13(26-27-18)11-4-5-11/h6-11H,3-5H2,1-2H3,(H,28,29)(H2,25,26,27). The number of rotatable bonds is 9. The second kappa shape index (κ2) is 8.81. The predicted octanol–water partition coefficient (Wildman–Crippen LogP) is 5.98. The molecule has 172 valence electrons. The molecule has 0 aliphatic heterocycles. The fourth-order valence-corrected chi connectivity index (χ4v) is 4.18. The minimum absolute atomic E-state index is 0.0264. The van der Waals surface area contributed by atoms with Crippen molar-refractivity contribution in [1.29, 1.82) is 0 Å². The Balaban J connectivity index is 1.42. The number of nitrogens with one attached hydrogen (secondary N) is 3. The van der Waals surface area contributed by atoms with Gasteiger partial charge in [-0.15, -0.1) is 0 Å². The third-order valence-corrected chi connectivity index (χ3v) is 6.05. The van der Waals surface area contributed by atoms with E-state index in [1.165, 1.54) is 25.3 Å². The van der Waals surface area contributed by atoms with Crippen molar-refractivity contribution in [3.8, 4) is 11.5 Å². The van der Waals surface area contributed by atoms with Crippen LogP contribution < -0.4 is 19.5 Å². The van der Waals surface area contributed by atoms with Crippen molar-refractivity contribution in [2.75, 3.05) is 23.8 Å². The Kier molecular flexibility index (Phi) is 5.71. The molecule has 0 unspecified atom stereocenters. The van der Waals surface area contributed by atoms with Gasteiger partial charge in [0.15, 0.2) is 28.8 Å². The monoisotopic (exact) mass is 473 g/mol. The first-order chi connectivity index (χ1) is 16.1. The van der Waals surface area contributed by atoms with Crippen LogP contribution in [0.3, 0.4) is 0 Å². The number of ether oxygens (including phenoxy) is 2. The van der Waals surface area contributed by atoms with Gasteiger partial charge in [-0.2, -0.15) is 5.10 Å². The summed E-state index contributed by atoms with van der Waals surface area (Å²) in [4.78, 5) is 0.636. The molecule has 0 amide bonds. The van der Waals surface area contributed by atoms with E-state index in [2.05, 4.69) is 25.4 Å². The lowest BCUT2D eigenvalue weighted by Crippen LogP contribution is -1.99. The summed E-state index contributed by atoms with van der Waals surface area (Å²) < 4.78 is 48.2. The van der Waals surface area contributed by atoms with Crippen LogP contribution in [0.1, 0.15) is 31.4 Å². The minimum atomic E-state index is -0.603. The Morgan fingerprint density at radius 3 is 2.85 bits per heavy atom. The Labute approximate surface area is 192 Å². The third kappa shape index (κ3) is 4.28. The van der Waals surface area contributed by atoms with Crippen molar-refractivity contribution in [1.82, 2.24) is 15.4 Å². The average molecular weight is 474 g/mol. The van der Waals surface area contributed by atoms with Gasteiger partial charge >= 0.3 is 0 Å². The van der Waals surface area contributed by atoms with Crippen LogP contribution in [0.4, 0.5) is 26.1 Å². The molecule has 2 aromatic carbocycles. The van der Waals surface area contributed by atoms with Crippen molar-refractivity contribution >= 4 is 40.2 Å². The molecule has 8 nitrogen and oxygen atoms in total. The van der Waals surface area contributed by atoms with Crippen LogP contribution in [0.2, 0.25) is 0 Å². The molecule has 11 heteroatoms. The topological polar surface area (TPSA) is 97.2 Å². The van der Waals surface area contributed by atoms with Gasteiger partial charge < -0.3 is 24.0 Å². The second-order valence-corrected chi connectivity index (χ2v) is 8.36. The summed E-state index contributed by atoms with van der Waals surface area (Å²) in [6.07, 6.45) is 2.26. The summed E-state index contributed by atoms with van der Waals surface area (Å²) in [5.41, 5.74) is 1.50. The fourth-order valence-electron chi connectivity index (χ4n) is 3.48. The van der Waals surface area contributed by atoms with Gasteiger partial charge in [-0.3, -0.25) is 5.10 Å². The summed E-state index contributed by atoms with van der Waals surface area (Å²) in [5.74, 6) is 0.622. The molecular formula is C22H21F2N5O3S. The first-order valence-corrected chi connectivity index (χ1v) is 11.2. The lowest BCUT2D eigenvalue weighted by atomic mass is 10.2. The molecule has 4 aromatic rings. The maximum atomic E-state index is 15.3. The second-order valence-electron chi connectivity index (χ2n) is 7.51. The molecule has 2 heterocycles. The van der Waals surface area contributed by atoms with E-state index in [9.17, 15) is 4.39 Å². The normalized spacial score (nSPS) is 13.3. The van der Waals surface area contributed by atoms with Crippen LogP contribution in [-0.2, 0) is 0 Å². The van der Waals surface area contributed by atoms with Crippen LogP contribution in [0.25, 0.3) is 11.0 Å². The van der Waals surface area contributed by atoms with Crippen molar-refractivity contribution in [2.24, 2.45) is 0 Å². The van der Waals surface area contributed by atoms with Gasteiger partial charge in [0.05, 0.1) is 24.3 Å². The molecular weight excluding hydrogens is 452 g/mol. The fraction of sp³-hybridized carbons (Fsp3) is 0.273. The largest absolute Gasteiger partial charge is 0.493 e. The highest BCUT2D eigenvalue weighted by Gasteiger charge is 2.26. The molecule has 2 aromatic heterocycles. The molecule has 1 fully saturated rings. The summed E-state index contributed by atoms with van der Waals surface area (Å²) in [7, 11) is 1.37. The first kappa shape index (κ1) is 21.4. The number of hydrogen-bond acceptors (Lipinski definition) is 8. The number of aromatic amines is 1. The third-order valence-electron chi connectivity index (χ3n) is 5.20. The van der Waals surface area contributed by atoms with E-state index < -0.39 is 11.6 Å². The van der Waals surface area contributed by atoms with Crippen molar-refractivity contribution < 1.29 is 22.8 Å². The van der Waals surface area contributed by atoms with Gasteiger partial charge in [0.2, 0.25) is 0 Å². The lowest BCUT2D eigenvalue weighted by molar-refractivity contribution is 0.330. The number of aromatic nitrogens is 3. The van der Waals surface area contributed by atoms with Gasteiger partial charge in [-0.1, -0.05) is 5.16 Å². The molecule has 0 radical (unpaired) electrons. The molecule has 5 rings (SSSR count). The molecule has 0 atom stereocenters. The summed E-state index contributed by atoms with van der Waals surface area (Å²) in [6.45, 7) is 2.20. The van der Waals surface area contributed by atoms with Crippen molar-refractivity contribution in [3.63, 3.8) is 0 Å². The average Bonchev–Trinajstić information content (AvgIpc) is 3.42. The Morgan fingerprint density at radius 2 is 2.09 bits per heavy atom. The van der Waals surface area contributed by atoms with Crippen LogP contribution in [0, 0.1) is 11.6 Å². The van der Waals surface area contributed by atoms with E-state index >= 15 is 4.39 Å². The number of methoxy groups -OCH3 is 1. The van der Waals surface area contributed by atoms with E-state index in [-0.39, 0.29) is 17.3 Å². The maximum absolute atomic E-state index is 15.3. The highest BCUT2D eigenvalue weighted by molar-refractivity contribution is 8.00. The van der Waals surface area contributed by atoms with Crippen LogP contribution in [0.15, 0.2) is 39.8 Å². The number of benzene rings is 2. The summed E-state index contributed by atoms with van der Waals surface area (Å²) >= 11 is 1.14.